The first-order valence-corrected chi connectivity index (χ1v) is 9.55. The summed E-state index contributed by atoms with van der Waals surface area (Å²) < 4.78 is 0. The van der Waals surface area contributed by atoms with Crippen molar-refractivity contribution in [1.82, 2.24) is 0 Å². The Morgan fingerprint density at radius 3 is 2.92 bits per heavy atom. The molecule has 1 aliphatic rings. The molecule has 0 spiro atoms. The highest BCUT2D eigenvalue weighted by atomic mass is 32.2. The number of amides is 2. The van der Waals surface area contributed by atoms with Gasteiger partial charge in [0.2, 0.25) is 11.8 Å². The Morgan fingerprint density at radius 1 is 1.25 bits per heavy atom. The summed E-state index contributed by atoms with van der Waals surface area (Å²) >= 11 is 3.04. The Balaban J connectivity index is 1.62. The smallest absolute Gasteiger partial charge is 0.234 e. The molecule has 1 aliphatic heterocycles. The van der Waals surface area contributed by atoms with Gasteiger partial charge in [-0.05, 0) is 43.7 Å². The molecular weight excluding hydrogens is 340 g/mol. The third kappa shape index (κ3) is 4.13. The van der Waals surface area contributed by atoms with Gasteiger partial charge in [-0.1, -0.05) is 17.7 Å². The molecule has 2 amide bonds. The molecule has 0 bridgehead atoms. The van der Waals surface area contributed by atoms with E-state index in [0.29, 0.717) is 17.2 Å². The van der Waals surface area contributed by atoms with Gasteiger partial charge in [-0.3, -0.25) is 9.59 Å². The van der Waals surface area contributed by atoms with Crippen molar-refractivity contribution in [2.24, 2.45) is 0 Å². The van der Waals surface area contributed by atoms with E-state index in [2.05, 4.69) is 28.8 Å². The lowest BCUT2D eigenvalue weighted by molar-refractivity contribution is -0.114. The second-order valence-corrected chi connectivity index (χ2v) is 7.69. The maximum Gasteiger partial charge on any atom is 0.234 e. The number of nitrogens with one attached hydrogen (secondary N) is 2. The normalized spacial score (nSPS) is 13.2. The number of anilines is 2. The van der Waals surface area contributed by atoms with E-state index < -0.39 is 0 Å². The molecule has 124 valence electrons. The maximum atomic E-state index is 12.2. The van der Waals surface area contributed by atoms with Gasteiger partial charge in [0.15, 0.2) is 0 Å². The van der Waals surface area contributed by atoms with Crippen LogP contribution in [0.3, 0.4) is 0 Å². The second-order valence-electron chi connectivity index (χ2n) is 5.65. The van der Waals surface area contributed by atoms with Crippen LogP contribution in [-0.2, 0) is 9.59 Å². The Bertz CT molecular complexity index is 806. The zero-order chi connectivity index (χ0) is 17.1. The summed E-state index contributed by atoms with van der Waals surface area (Å²) in [7, 11) is 0. The van der Waals surface area contributed by atoms with Gasteiger partial charge < -0.3 is 10.6 Å². The van der Waals surface area contributed by atoms with Crippen molar-refractivity contribution in [3.05, 3.63) is 47.5 Å². The van der Waals surface area contributed by atoms with Crippen molar-refractivity contribution >= 4 is 46.7 Å². The van der Waals surface area contributed by atoms with Gasteiger partial charge in [0.05, 0.1) is 17.2 Å². The third-order valence-electron chi connectivity index (χ3n) is 3.60. The van der Waals surface area contributed by atoms with Crippen molar-refractivity contribution in [1.29, 1.82) is 0 Å². The van der Waals surface area contributed by atoms with Gasteiger partial charge in [0, 0.05) is 15.5 Å². The van der Waals surface area contributed by atoms with Crippen molar-refractivity contribution in [2.75, 3.05) is 22.1 Å². The van der Waals surface area contributed by atoms with Gasteiger partial charge in [0.25, 0.3) is 0 Å². The molecule has 2 N–H and O–H groups in total. The second kappa shape index (κ2) is 7.32. The number of benzene rings is 2. The monoisotopic (exact) mass is 358 g/mol. The fourth-order valence-electron chi connectivity index (χ4n) is 2.36. The van der Waals surface area contributed by atoms with E-state index in [1.807, 2.05) is 26.0 Å². The van der Waals surface area contributed by atoms with E-state index in [9.17, 15) is 9.59 Å². The Kier molecular flexibility index (Phi) is 5.16. The number of carbonyl (C=O) groups is 2. The molecule has 6 heteroatoms. The highest BCUT2D eigenvalue weighted by molar-refractivity contribution is 8.00. The Labute approximate surface area is 149 Å². The largest absolute Gasteiger partial charge is 0.325 e. The number of aryl methyl sites for hydroxylation is 2. The van der Waals surface area contributed by atoms with Crippen LogP contribution >= 0.6 is 23.5 Å². The standard InChI is InChI=1S/C18H18N2O2S2/c1-11-3-4-12(2)16(7-11)24-9-17(21)19-13-5-6-15-14(8-13)20-18(22)10-23-15/h3-8H,9-10H2,1-2H3,(H,19,21)(H,20,22). The quantitative estimate of drug-likeness (QED) is 0.809. The molecule has 24 heavy (non-hydrogen) atoms. The molecule has 0 atom stereocenters. The minimum Gasteiger partial charge on any atom is -0.325 e. The van der Waals surface area contributed by atoms with Crippen molar-refractivity contribution < 1.29 is 9.59 Å². The average molecular weight is 358 g/mol. The van der Waals surface area contributed by atoms with Crippen LogP contribution in [0.4, 0.5) is 11.4 Å². The Morgan fingerprint density at radius 2 is 2.08 bits per heavy atom. The summed E-state index contributed by atoms with van der Waals surface area (Å²) in [5.41, 5.74) is 3.82. The molecule has 3 rings (SSSR count). The molecule has 0 aromatic heterocycles. The van der Waals surface area contributed by atoms with E-state index in [1.54, 1.807) is 6.07 Å². The van der Waals surface area contributed by atoms with Crippen LogP contribution in [0, 0.1) is 13.8 Å². The van der Waals surface area contributed by atoms with Gasteiger partial charge in [0.1, 0.15) is 0 Å². The first kappa shape index (κ1) is 16.9. The number of thioether (sulfide) groups is 2. The number of carbonyl (C=O) groups excluding carboxylic acids is 2. The van der Waals surface area contributed by atoms with E-state index in [1.165, 1.54) is 34.7 Å². The summed E-state index contributed by atoms with van der Waals surface area (Å²) in [4.78, 5) is 25.8. The lowest BCUT2D eigenvalue weighted by atomic mass is 10.2. The molecule has 0 unspecified atom stereocenters. The van der Waals surface area contributed by atoms with Crippen LogP contribution < -0.4 is 10.6 Å². The zero-order valence-electron chi connectivity index (χ0n) is 13.5. The Hall–Kier alpha value is -1.92. The fraction of sp³-hybridized carbons (Fsp3) is 0.222. The third-order valence-corrected chi connectivity index (χ3v) is 5.83. The van der Waals surface area contributed by atoms with Crippen LogP contribution in [0.15, 0.2) is 46.2 Å². The summed E-state index contributed by atoms with van der Waals surface area (Å²) in [5, 5.41) is 5.72. The van der Waals surface area contributed by atoms with Crippen LogP contribution in [-0.4, -0.2) is 23.3 Å². The number of fused-ring (bicyclic) bond motifs is 1. The van der Waals surface area contributed by atoms with Crippen molar-refractivity contribution in [2.45, 2.75) is 23.6 Å². The number of rotatable bonds is 4. The highest BCUT2D eigenvalue weighted by Gasteiger charge is 2.16. The van der Waals surface area contributed by atoms with Crippen LogP contribution in [0.25, 0.3) is 0 Å². The topological polar surface area (TPSA) is 58.2 Å². The minimum absolute atomic E-state index is 0.0125. The number of hydrogen-bond donors (Lipinski definition) is 2. The summed E-state index contributed by atoms with van der Waals surface area (Å²) in [6.07, 6.45) is 0. The van der Waals surface area contributed by atoms with E-state index in [-0.39, 0.29) is 11.8 Å². The van der Waals surface area contributed by atoms with Gasteiger partial charge >= 0.3 is 0 Å². The molecule has 2 aromatic carbocycles. The molecule has 2 aromatic rings. The molecule has 0 fully saturated rings. The first-order chi connectivity index (χ1) is 11.5. The summed E-state index contributed by atoms with van der Waals surface area (Å²) in [5.74, 6) is 0.713. The van der Waals surface area contributed by atoms with Crippen LogP contribution in [0.5, 0.6) is 0 Å². The van der Waals surface area contributed by atoms with Gasteiger partial charge in [-0.15, -0.1) is 23.5 Å². The predicted molar refractivity (Wildman–Crippen MR) is 101 cm³/mol. The van der Waals surface area contributed by atoms with Gasteiger partial charge in [-0.25, -0.2) is 0 Å². The van der Waals surface area contributed by atoms with Gasteiger partial charge in [-0.2, -0.15) is 0 Å². The number of hydrogen-bond acceptors (Lipinski definition) is 4. The molecule has 1 heterocycles. The zero-order valence-corrected chi connectivity index (χ0v) is 15.1. The van der Waals surface area contributed by atoms with E-state index >= 15 is 0 Å². The summed E-state index contributed by atoms with van der Waals surface area (Å²) in [6, 6.07) is 11.8. The van der Waals surface area contributed by atoms with Crippen molar-refractivity contribution in [3.8, 4) is 0 Å². The lowest BCUT2D eigenvalue weighted by Gasteiger charge is -2.17. The van der Waals surface area contributed by atoms with Crippen LogP contribution in [0.1, 0.15) is 11.1 Å². The average Bonchev–Trinajstić information content (AvgIpc) is 2.55. The maximum absolute atomic E-state index is 12.2. The SMILES string of the molecule is Cc1ccc(C)c(SCC(=O)Nc2ccc3c(c2)NC(=O)CS3)c1. The molecule has 0 radical (unpaired) electrons. The molecule has 0 saturated carbocycles. The highest BCUT2D eigenvalue weighted by Crippen LogP contribution is 2.33. The van der Waals surface area contributed by atoms with E-state index in [0.717, 1.165) is 15.5 Å². The van der Waals surface area contributed by atoms with E-state index in [4.69, 9.17) is 0 Å². The first-order valence-electron chi connectivity index (χ1n) is 7.58. The predicted octanol–water partition coefficient (Wildman–Crippen LogP) is 4.08. The minimum atomic E-state index is -0.0596. The molecular formula is C18H18N2O2S2. The van der Waals surface area contributed by atoms with Crippen LogP contribution in [0.2, 0.25) is 0 Å². The molecule has 0 aliphatic carbocycles. The molecule has 0 saturated heterocycles. The fourth-order valence-corrected chi connectivity index (χ4v) is 4.08. The summed E-state index contributed by atoms with van der Waals surface area (Å²) in [6.45, 7) is 4.09. The van der Waals surface area contributed by atoms with Crippen molar-refractivity contribution in [3.63, 3.8) is 0 Å². The lowest BCUT2D eigenvalue weighted by Crippen LogP contribution is -2.19. The molecule has 4 nitrogen and oxygen atoms in total.